The van der Waals surface area contributed by atoms with Crippen LogP contribution in [0.25, 0.3) is 0 Å². The fourth-order valence-corrected chi connectivity index (χ4v) is 1.31. The van der Waals surface area contributed by atoms with Crippen molar-refractivity contribution in [3.8, 4) is 11.8 Å². The van der Waals surface area contributed by atoms with Gasteiger partial charge >= 0.3 is 6.09 Å². The Morgan fingerprint density at radius 2 is 2.16 bits per heavy atom. The molecule has 19 heavy (non-hydrogen) atoms. The Kier molecular flexibility index (Phi) is 5.92. The molecule has 0 aliphatic rings. The molecule has 1 aromatic rings. The Bertz CT molecular complexity index is 517. The molecule has 0 aliphatic heterocycles. The molecule has 0 saturated heterocycles. The van der Waals surface area contributed by atoms with Crippen molar-refractivity contribution in [3.63, 3.8) is 0 Å². The van der Waals surface area contributed by atoms with Crippen molar-refractivity contribution >= 4 is 12.0 Å². The first kappa shape index (κ1) is 14.5. The minimum atomic E-state index is -0.867. The number of nitrogens with one attached hydrogen (secondary N) is 1. The van der Waals surface area contributed by atoms with Crippen LogP contribution in [-0.4, -0.2) is 31.7 Å². The predicted octanol–water partition coefficient (Wildman–Crippen LogP) is -0.178. The van der Waals surface area contributed by atoms with Gasteiger partial charge in [0.15, 0.2) is 0 Å². The summed E-state index contributed by atoms with van der Waals surface area (Å²) in [6.45, 7) is 0.495. The van der Waals surface area contributed by atoms with Gasteiger partial charge in [-0.15, -0.1) is 0 Å². The second-order valence-electron chi connectivity index (χ2n) is 3.51. The van der Waals surface area contributed by atoms with Crippen LogP contribution < -0.4 is 16.8 Å². The zero-order chi connectivity index (χ0) is 14.1. The maximum atomic E-state index is 11.8. The fraction of sp³-hybridized carbons (Fsp3) is 0.231. The molecule has 0 atom stereocenters. The Morgan fingerprint density at radius 1 is 1.37 bits per heavy atom. The second kappa shape index (κ2) is 7.74. The summed E-state index contributed by atoms with van der Waals surface area (Å²) in [5.74, 6) is 5.28. The summed E-state index contributed by atoms with van der Waals surface area (Å²) >= 11 is 0. The van der Waals surface area contributed by atoms with Gasteiger partial charge in [0, 0.05) is 11.1 Å². The molecule has 1 rings (SSSR count). The lowest BCUT2D eigenvalue weighted by Gasteiger charge is -2.05. The van der Waals surface area contributed by atoms with Gasteiger partial charge in [-0.1, -0.05) is 17.9 Å². The van der Waals surface area contributed by atoms with E-state index >= 15 is 0 Å². The molecular formula is C13H15N3O3. The first-order valence-electron chi connectivity index (χ1n) is 5.63. The van der Waals surface area contributed by atoms with Gasteiger partial charge < -0.3 is 21.5 Å². The third-order valence-corrected chi connectivity index (χ3v) is 2.09. The van der Waals surface area contributed by atoms with Crippen LogP contribution in [0.15, 0.2) is 24.3 Å². The minimum Gasteiger partial charge on any atom is -0.448 e. The molecule has 0 saturated carbocycles. The highest BCUT2D eigenvalue weighted by Crippen LogP contribution is 2.03. The highest BCUT2D eigenvalue weighted by atomic mass is 16.5. The topological polar surface area (TPSA) is 107 Å². The Hall–Kier alpha value is -2.52. The second-order valence-corrected chi connectivity index (χ2v) is 3.51. The lowest BCUT2D eigenvalue weighted by molar-refractivity contribution is 0.0937. The number of carbonyl (C=O) groups is 2. The van der Waals surface area contributed by atoms with Crippen LogP contribution in [0.5, 0.6) is 0 Å². The number of nitrogens with two attached hydrogens (primary N) is 2. The van der Waals surface area contributed by atoms with Crippen LogP contribution in [0, 0.1) is 11.8 Å². The summed E-state index contributed by atoms with van der Waals surface area (Å²) in [7, 11) is 0. The van der Waals surface area contributed by atoms with Gasteiger partial charge in [0.25, 0.3) is 5.91 Å². The van der Waals surface area contributed by atoms with Crippen molar-refractivity contribution in [1.29, 1.82) is 0 Å². The van der Waals surface area contributed by atoms with Crippen LogP contribution in [0.3, 0.4) is 0 Å². The van der Waals surface area contributed by atoms with E-state index in [1.165, 1.54) is 0 Å². The SMILES string of the molecule is NCC#Cc1cccc(C(=O)NCCOC(N)=O)c1. The maximum Gasteiger partial charge on any atom is 0.404 e. The third kappa shape index (κ3) is 5.57. The molecule has 0 bridgehead atoms. The van der Waals surface area contributed by atoms with Crippen molar-refractivity contribution in [2.45, 2.75) is 0 Å². The van der Waals surface area contributed by atoms with E-state index in [0.29, 0.717) is 11.1 Å². The number of carbonyl (C=O) groups excluding carboxylic acids is 2. The van der Waals surface area contributed by atoms with E-state index in [1.807, 2.05) is 0 Å². The molecular weight excluding hydrogens is 246 g/mol. The van der Waals surface area contributed by atoms with Gasteiger partial charge in [-0.05, 0) is 18.2 Å². The Labute approximate surface area is 111 Å². The van der Waals surface area contributed by atoms with E-state index in [4.69, 9.17) is 11.5 Å². The number of hydrogen-bond donors (Lipinski definition) is 3. The molecule has 0 radical (unpaired) electrons. The van der Waals surface area contributed by atoms with Crippen LogP contribution in [0.1, 0.15) is 15.9 Å². The molecule has 0 spiro atoms. The monoisotopic (exact) mass is 261 g/mol. The lowest BCUT2D eigenvalue weighted by atomic mass is 10.1. The smallest absolute Gasteiger partial charge is 0.404 e. The number of benzene rings is 1. The van der Waals surface area contributed by atoms with E-state index in [2.05, 4.69) is 21.9 Å². The van der Waals surface area contributed by atoms with Crippen molar-refractivity contribution in [2.75, 3.05) is 19.7 Å². The molecule has 1 aromatic carbocycles. The van der Waals surface area contributed by atoms with Crippen molar-refractivity contribution in [1.82, 2.24) is 5.32 Å². The average molecular weight is 261 g/mol. The van der Waals surface area contributed by atoms with E-state index in [-0.39, 0.29) is 25.6 Å². The average Bonchev–Trinajstić information content (AvgIpc) is 2.41. The van der Waals surface area contributed by atoms with Gasteiger partial charge in [0.2, 0.25) is 0 Å². The van der Waals surface area contributed by atoms with Crippen LogP contribution in [0.4, 0.5) is 4.79 Å². The molecule has 0 fully saturated rings. The van der Waals surface area contributed by atoms with Crippen molar-refractivity contribution in [3.05, 3.63) is 35.4 Å². The standard InChI is InChI=1S/C13H15N3O3/c14-6-2-4-10-3-1-5-11(9-10)12(17)16-7-8-19-13(15)18/h1,3,5,9H,6-8,14H2,(H2,15,18)(H,16,17). The highest BCUT2D eigenvalue weighted by Gasteiger charge is 2.05. The van der Waals surface area contributed by atoms with Gasteiger partial charge in [-0.3, -0.25) is 4.79 Å². The number of amides is 2. The lowest BCUT2D eigenvalue weighted by Crippen LogP contribution is -2.29. The third-order valence-electron chi connectivity index (χ3n) is 2.09. The highest BCUT2D eigenvalue weighted by molar-refractivity contribution is 5.94. The zero-order valence-electron chi connectivity index (χ0n) is 10.3. The Morgan fingerprint density at radius 3 is 2.84 bits per heavy atom. The number of ether oxygens (including phenoxy) is 1. The van der Waals surface area contributed by atoms with Crippen molar-refractivity contribution < 1.29 is 14.3 Å². The number of rotatable bonds is 4. The van der Waals surface area contributed by atoms with Gasteiger partial charge in [0.05, 0.1) is 13.1 Å². The first-order chi connectivity index (χ1) is 9.13. The van der Waals surface area contributed by atoms with Crippen LogP contribution in [0.2, 0.25) is 0 Å². The summed E-state index contributed by atoms with van der Waals surface area (Å²) in [6, 6.07) is 6.84. The first-order valence-corrected chi connectivity index (χ1v) is 5.63. The van der Waals surface area contributed by atoms with Gasteiger partial charge in [-0.25, -0.2) is 4.79 Å². The van der Waals surface area contributed by atoms with E-state index in [9.17, 15) is 9.59 Å². The molecule has 0 unspecified atom stereocenters. The largest absolute Gasteiger partial charge is 0.448 e. The Balaban J connectivity index is 2.54. The maximum absolute atomic E-state index is 11.8. The molecule has 2 amide bonds. The van der Waals surface area contributed by atoms with Gasteiger partial charge in [-0.2, -0.15) is 0 Å². The van der Waals surface area contributed by atoms with E-state index < -0.39 is 6.09 Å². The summed E-state index contributed by atoms with van der Waals surface area (Å²) in [5, 5.41) is 2.59. The number of primary amides is 1. The molecule has 0 aliphatic carbocycles. The quantitative estimate of drug-likeness (QED) is 0.516. The fourth-order valence-electron chi connectivity index (χ4n) is 1.31. The van der Waals surface area contributed by atoms with Gasteiger partial charge in [0.1, 0.15) is 6.61 Å². The van der Waals surface area contributed by atoms with Crippen LogP contribution >= 0.6 is 0 Å². The predicted molar refractivity (Wildman–Crippen MR) is 70.2 cm³/mol. The summed E-state index contributed by atoms with van der Waals surface area (Å²) < 4.78 is 4.49. The summed E-state index contributed by atoms with van der Waals surface area (Å²) in [6.07, 6.45) is -0.867. The zero-order valence-corrected chi connectivity index (χ0v) is 10.3. The molecule has 6 nitrogen and oxygen atoms in total. The molecule has 0 aromatic heterocycles. The molecule has 6 heteroatoms. The summed E-state index contributed by atoms with van der Waals surface area (Å²) in [4.78, 5) is 22.1. The number of hydrogen-bond acceptors (Lipinski definition) is 4. The van der Waals surface area contributed by atoms with E-state index in [0.717, 1.165) is 0 Å². The normalized spacial score (nSPS) is 9.11. The van der Waals surface area contributed by atoms with Crippen molar-refractivity contribution in [2.24, 2.45) is 11.5 Å². The minimum absolute atomic E-state index is 0.0355. The molecule has 0 heterocycles. The molecule has 5 N–H and O–H groups in total. The van der Waals surface area contributed by atoms with E-state index in [1.54, 1.807) is 24.3 Å². The van der Waals surface area contributed by atoms with Crippen LogP contribution in [-0.2, 0) is 4.74 Å². The summed E-state index contributed by atoms with van der Waals surface area (Å²) in [5.41, 5.74) is 11.3. The molecule has 100 valence electrons.